The van der Waals surface area contributed by atoms with E-state index in [0.717, 1.165) is 38.6 Å². The summed E-state index contributed by atoms with van der Waals surface area (Å²) in [6.07, 6.45) is 7.05. The Morgan fingerprint density at radius 3 is 2.73 bits per heavy atom. The fourth-order valence-electron chi connectivity index (χ4n) is 2.84. The lowest BCUT2D eigenvalue weighted by Crippen LogP contribution is -2.48. The van der Waals surface area contributed by atoms with Crippen molar-refractivity contribution in [3.05, 3.63) is 0 Å². The standard InChI is InChI=1S/C12H21NO2/c14-10-5-4-8-13(9-10)11-6-2-1-3-7-12(11)15/h11-12,15H,1-9H2. The minimum Gasteiger partial charge on any atom is -0.391 e. The summed E-state index contributed by atoms with van der Waals surface area (Å²) in [5.74, 6) is 0.345. The Morgan fingerprint density at radius 2 is 1.93 bits per heavy atom. The van der Waals surface area contributed by atoms with Gasteiger partial charge in [-0.15, -0.1) is 0 Å². The van der Waals surface area contributed by atoms with E-state index in [4.69, 9.17) is 0 Å². The number of Topliss-reactive ketones (excluding diaryl/α,β-unsaturated/α-hetero) is 1. The Kier molecular flexibility index (Phi) is 3.76. The Balaban J connectivity index is 1.96. The molecule has 3 nitrogen and oxygen atoms in total. The molecule has 0 radical (unpaired) electrons. The first-order valence-electron chi connectivity index (χ1n) is 6.21. The number of carbonyl (C=O) groups excluding carboxylic acids is 1. The number of nitrogens with zero attached hydrogens (tertiary/aromatic N) is 1. The summed E-state index contributed by atoms with van der Waals surface area (Å²) >= 11 is 0. The molecule has 0 aromatic rings. The van der Waals surface area contributed by atoms with Gasteiger partial charge in [-0.2, -0.15) is 0 Å². The summed E-state index contributed by atoms with van der Waals surface area (Å²) in [4.78, 5) is 13.6. The van der Waals surface area contributed by atoms with Crippen LogP contribution in [0.5, 0.6) is 0 Å². The van der Waals surface area contributed by atoms with Gasteiger partial charge in [-0.3, -0.25) is 9.69 Å². The fourth-order valence-corrected chi connectivity index (χ4v) is 2.84. The van der Waals surface area contributed by atoms with Crippen LogP contribution in [0.2, 0.25) is 0 Å². The highest BCUT2D eigenvalue weighted by Gasteiger charge is 2.30. The Bertz CT molecular complexity index is 230. The lowest BCUT2D eigenvalue weighted by molar-refractivity contribution is -0.123. The smallest absolute Gasteiger partial charge is 0.146 e. The third kappa shape index (κ3) is 2.79. The van der Waals surface area contributed by atoms with Crippen LogP contribution in [0.25, 0.3) is 0 Å². The predicted octanol–water partition coefficient (Wildman–Crippen LogP) is 1.34. The molecule has 0 amide bonds. The number of rotatable bonds is 1. The summed E-state index contributed by atoms with van der Waals surface area (Å²) < 4.78 is 0. The highest BCUT2D eigenvalue weighted by molar-refractivity contribution is 5.81. The summed E-state index contributed by atoms with van der Waals surface area (Å²) in [7, 11) is 0. The van der Waals surface area contributed by atoms with Crippen LogP contribution >= 0.6 is 0 Å². The summed E-state index contributed by atoms with van der Waals surface area (Å²) in [6, 6.07) is 0.247. The van der Waals surface area contributed by atoms with Crippen LogP contribution in [0.4, 0.5) is 0 Å². The lowest BCUT2D eigenvalue weighted by atomic mass is 10.00. The third-order valence-electron chi connectivity index (χ3n) is 3.69. The second-order valence-corrected chi connectivity index (χ2v) is 4.89. The quantitative estimate of drug-likeness (QED) is 0.665. The summed E-state index contributed by atoms with van der Waals surface area (Å²) in [5.41, 5.74) is 0. The topological polar surface area (TPSA) is 40.5 Å². The lowest BCUT2D eigenvalue weighted by Gasteiger charge is -2.35. The number of hydrogen-bond donors (Lipinski definition) is 1. The summed E-state index contributed by atoms with van der Waals surface area (Å²) in [5, 5.41) is 10.0. The van der Waals surface area contributed by atoms with Gasteiger partial charge in [0.15, 0.2) is 0 Å². The van der Waals surface area contributed by atoms with Crippen molar-refractivity contribution in [1.82, 2.24) is 4.90 Å². The Hall–Kier alpha value is -0.410. The maximum absolute atomic E-state index is 11.4. The number of aliphatic hydroxyl groups excluding tert-OH is 1. The number of carbonyl (C=O) groups is 1. The van der Waals surface area contributed by atoms with E-state index in [1.807, 2.05) is 0 Å². The molecule has 3 heteroatoms. The van der Waals surface area contributed by atoms with Gasteiger partial charge >= 0.3 is 0 Å². The molecule has 2 unspecified atom stereocenters. The minimum atomic E-state index is -0.210. The van der Waals surface area contributed by atoms with E-state index in [-0.39, 0.29) is 12.1 Å². The van der Waals surface area contributed by atoms with Gasteiger partial charge in [0.2, 0.25) is 0 Å². The third-order valence-corrected chi connectivity index (χ3v) is 3.69. The van der Waals surface area contributed by atoms with E-state index in [1.165, 1.54) is 12.8 Å². The molecule has 86 valence electrons. The first-order valence-corrected chi connectivity index (χ1v) is 6.21. The van der Waals surface area contributed by atoms with Crippen molar-refractivity contribution >= 4 is 5.78 Å². The Labute approximate surface area is 91.5 Å². The molecule has 1 saturated carbocycles. The molecule has 0 spiro atoms. The average Bonchev–Trinajstić information content (AvgIpc) is 2.43. The molecule has 0 bridgehead atoms. The molecule has 2 fully saturated rings. The van der Waals surface area contributed by atoms with Crippen molar-refractivity contribution < 1.29 is 9.90 Å². The van der Waals surface area contributed by atoms with E-state index >= 15 is 0 Å². The van der Waals surface area contributed by atoms with Crippen LogP contribution in [-0.4, -0.2) is 41.0 Å². The highest BCUT2D eigenvalue weighted by Crippen LogP contribution is 2.24. The maximum Gasteiger partial charge on any atom is 0.146 e. The molecule has 0 aromatic carbocycles. The first-order chi connectivity index (χ1) is 7.27. The first kappa shape index (κ1) is 11.1. The molecule has 2 atom stereocenters. The molecule has 1 N–H and O–H groups in total. The van der Waals surface area contributed by atoms with Gasteiger partial charge in [-0.05, 0) is 25.8 Å². The molecule has 1 saturated heterocycles. The van der Waals surface area contributed by atoms with Gasteiger partial charge in [0, 0.05) is 12.5 Å². The minimum absolute atomic E-state index is 0.210. The molecule has 1 aliphatic heterocycles. The van der Waals surface area contributed by atoms with Gasteiger partial charge in [0.25, 0.3) is 0 Å². The Morgan fingerprint density at radius 1 is 1.13 bits per heavy atom. The largest absolute Gasteiger partial charge is 0.391 e. The maximum atomic E-state index is 11.4. The average molecular weight is 211 g/mol. The van der Waals surface area contributed by atoms with Crippen molar-refractivity contribution in [2.45, 2.75) is 57.1 Å². The molecule has 15 heavy (non-hydrogen) atoms. The monoisotopic (exact) mass is 211 g/mol. The van der Waals surface area contributed by atoms with Crippen molar-refractivity contribution in [2.75, 3.05) is 13.1 Å². The second-order valence-electron chi connectivity index (χ2n) is 4.89. The zero-order valence-electron chi connectivity index (χ0n) is 9.32. The van der Waals surface area contributed by atoms with E-state index < -0.39 is 0 Å². The van der Waals surface area contributed by atoms with E-state index in [0.29, 0.717) is 12.3 Å². The van der Waals surface area contributed by atoms with Crippen molar-refractivity contribution in [3.8, 4) is 0 Å². The normalized spacial score (nSPS) is 35.1. The predicted molar refractivity (Wildman–Crippen MR) is 58.7 cm³/mol. The van der Waals surface area contributed by atoms with Gasteiger partial charge in [0.1, 0.15) is 5.78 Å². The van der Waals surface area contributed by atoms with Gasteiger partial charge in [0.05, 0.1) is 12.6 Å². The van der Waals surface area contributed by atoms with Gasteiger partial charge < -0.3 is 5.11 Å². The van der Waals surface area contributed by atoms with Crippen molar-refractivity contribution in [1.29, 1.82) is 0 Å². The number of ketones is 1. The molecular formula is C12H21NO2. The molecule has 0 aromatic heterocycles. The number of aliphatic hydroxyl groups is 1. The van der Waals surface area contributed by atoms with E-state index in [9.17, 15) is 9.90 Å². The van der Waals surface area contributed by atoms with Crippen LogP contribution < -0.4 is 0 Å². The molecular weight excluding hydrogens is 190 g/mol. The summed E-state index contributed by atoms with van der Waals surface area (Å²) in [6.45, 7) is 1.56. The molecule has 1 heterocycles. The fraction of sp³-hybridized carbons (Fsp3) is 0.917. The highest BCUT2D eigenvalue weighted by atomic mass is 16.3. The van der Waals surface area contributed by atoms with Gasteiger partial charge in [-0.1, -0.05) is 19.3 Å². The zero-order chi connectivity index (χ0) is 10.7. The molecule has 1 aliphatic carbocycles. The number of hydrogen-bond acceptors (Lipinski definition) is 3. The van der Waals surface area contributed by atoms with Crippen LogP contribution in [0.3, 0.4) is 0 Å². The molecule has 2 aliphatic rings. The van der Waals surface area contributed by atoms with Crippen LogP contribution in [0.15, 0.2) is 0 Å². The SMILES string of the molecule is O=C1CCCN(C2CCCCCC2O)C1. The van der Waals surface area contributed by atoms with Crippen molar-refractivity contribution in [2.24, 2.45) is 0 Å². The second kappa shape index (κ2) is 5.08. The molecule has 2 rings (SSSR count). The number of piperidine rings is 1. The number of likely N-dealkylation sites (tertiary alicyclic amines) is 1. The zero-order valence-corrected chi connectivity index (χ0v) is 9.32. The van der Waals surface area contributed by atoms with Gasteiger partial charge in [-0.25, -0.2) is 0 Å². The van der Waals surface area contributed by atoms with Crippen LogP contribution in [0, 0.1) is 0 Å². The van der Waals surface area contributed by atoms with Crippen molar-refractivity contribution in [3.63, 3.8) is 0 Å². The van der Waals surface area contributed by atoms with Crippen LogP contribution in [-0.2, 0) is 4.79 Å². The van der Waals surface area contributed by atoms with Crippen LogP contribution in [0.1, 0.15) is 44.9 Å². The van der Waals surface area contributed by atoms with E-state index in [1.54, 1.807) is 0 Å². The van der Waals surface area contributed by atoms with E-state index in [2.05, 4.69) is 4.90 Å².